The topological polar surface area (TPSA) is 88.1 Å². The standard InChI is InChI=1S/C18H14FN5O2S/c19-12-3-1-2-11(8-12)17(26)24-7-4-13-15(10-24)27-18(22-13)23-16(25)14-9-20-5-6-21-14/h1-3,5-6,8-9H,4,7,10H2,(H,22,23,25). The van der Waals surface area contributed by atoms with Crippen LogP contribution in [0.2, 0.25) is 0 Å². The van der Waals surface area contributed by atoms with Gasteiger partial charge in [0.1, 0.15) is 11.5 Å². The highest BCUT2D eigenvalue weighted by Crippen LogP contribution is 2.29. The Hall–Kier alpha value is -3.20. The molecule has 3 aromatic rings. The van der Waals surface area contributed by atoms with Gasteiger partial charge in [0.2, 0.25) is 0 Å². The van der Waals surface area contributed by atoms with Crippen molar-refractivity contribution in [3.05, 3.63) is 70.5 Å². The molecule has 1 aliphatic rings. The lowest BCUT2D eigenvalue weighted by Crippen LogP contribution is -2.35. The molecule has 1 aliphatic heterocycles. The first-order chi connectivity index (χ1) is 13.1. The van der Waals surface area contributed by atoms with Crippen LogP contribution in [0, 0.1) is 5.82 Å². The van der Waals surface area contributed by atoms with E-state index in [1.165, 1.54) is 48.1 Å². The first kappa shape index (κ1) is 17.2. The Morgan fingerprint density at radius 1 is 1.26 bits per heavy atom. The highest BCUT2D eigenvalue weighted by molar-refractivity contribution is 7.15. The minimum absolute atomic E-state index is 0.202. The maximum absolute atomic E-state index is 13.4. The summed E-state index contributed by atoms with van der Waals surface area (Å²) in [7, 11) is 0. The Balaban J connectivity index is 1.47. The molecule has 0 atom stereocenters. The predicted molar refractivity (Wildman–Crippen MR) is 96.9 cm³/mol. The molecule has 0 saturated carbocycles. The highest BCUT2D eigenvalue weighted by atomic mass is 32.1. The molecule has 3 heterocycles. The number of aromatic nitrogens is 3. The average Bonchev–Trinajstić information content (AvgIpc) is 3.09. The number of carbonyl (C=O) groups is 2. The minimum Gasteiger partial charge on any atom is -0.333 e. The summed E-state index contributed by atoms with van der Waals surface area (Å²) >= 11 is 1.32. The summed E-state index contributed by atoms with van der Waals surface area (Å²) in [5.74, 6) is -1.05. The maximum Gasteiger partial charge on any atom is 0.277 e. The lowest BCUT2D eigenvalue weighted by molar-refractivity contribution is 0.0735. The molecule has 0 aliphatic carbocycles. The summed E-state index contributed by atoms with van der Waals surface area (Å²) in [4.78, 5) is 39.6. The van der Waals surface area contributed by atoms with Gasteiger partial charge >= 0.3 is 0 Å². The normalized spacial score (nSPS) is 13.1. The summed E-state index contributed by atoms with van der Waals surface area (Å²) in [5.41, 5.74) is 1.38. The molecule has 0 unspecified atom stereocenters. The molecule has 0 saturated heterocycles. The Kier molecular flexibility index (Phi) is 4.59. The van der Waals surface area contributed by atoms with Gasteiger partial charge in [0.05, 0.1) is 18.4 Å². The highest BCUT2D eigenvalue weighted by Gasteiger charge is 2.25. The lowest BCUT2D eigenvalue weighted by Gasteiger charge is -2.26. The van der Waals surface area contributed by atoms with Crippen LogP contribution < -0.4 is 5.32 Å². The van der Waals surface area contributed by atoms with Gasteiger partial charge in [-0.05, 0) is 18.2 Å². The van der Waals surface area contributed by atoms with Gasteiger partial charge in [-0.3, -0.25) is 19.9 Å². The molecular weight excluding hydrogens is 369 g/mol. The monoisotopic (exact) mass is 383 g/mol. The van der Waals surface area contributed by atoms with Crippen molar-refractivity contribution in [3.63, 3.8) is 0 Å². The third-order valence-corrected chi connectivity index (χ3v) is 5.10. The molecule has 2 amide bonds. The van der Waals surface area contributed by atoms with Crippen molar-refractivity contribution in [2.24, 2.45) is 0 Å². The number of nitrogens with one attached hydrogen (secondary N) is 1. The average molecular weight is 383 g/mol. The van der Waals surface area contributed by atoms with Crippen LogP contribution in [0.25, 0.3) is 0 Å². The van der Waals surface area contributed by atoms with Crippen LogP contribution in [0.1, 0.15) is 31.4 Å². The molecule has 9 heteroatoms. The second-order valence-electron chi connectivity index (χ2n) is 5.92. The molecule has 27 heavy (non-hydrogen) atoms. The van der Waals surface area contributed by atoms with E-state index >= 15 is 0 Å². The van der Waals surface area contributed by atoms with E-state index in [0.717, 1.165) is 10.6 Å². The minimum atomic E-state index is -0.439. The number of fused-ring (bicyclic) bond motifs is 1. The maximum atomic E-state index is 13.4. The summed E-state index contributed by atoms with van der Waals surface area (Å²) in [5, 5.41) is 3.17. The van der Waals surface area contributed by atoms with Crippen LogP contribution in [0.5, 0.6) is 0 Å². The largest absolute Gasteiger partial charge is 0.333 e. The first-order valence-electron chi connectivity index (χ1n) is 8.21. The van der Waals surface area contributed by atoms with E-state index in [0.29, 0.717) is 30.2 Å². The van der Waals surface area contributed by atoms with Gasteiger partial charge in [0.15, 0.2) is 5.13 Å². The van der Waals surface area contributed by atoms with Gasteiger partial charge in [0, 0.05) is 35.8 Å². The van der Waals surface area contributed by atoms with E-state index in [1.807, 2.05) is 0 Å². The SMILES string of the molecule is O=C(Nc1nc2c(s1)CN(C(=O)c1cccc(F)c1)CC2)c1cnccn1. The number of nitrogens with zero attached hydrogens (tertiary/aromatic N) is 4. The van der Waals surface area contributed by atoms with Crippen molar-refractivity contribution >= 4 is 28.3 Å². The molecule has 0 fully saturated rings. The smallest absolute Gasteiger partial charge is 0.277 e. The number of benzene rings is 1. The van der Waals surface area contributed by atoms with Crippen molar-refractivity contribution in [1.29, 1.82) is 0 Å². The summed E-state index contributed by atoms with van der Waals surface area (Å²) in [6.45, 7) is 0.868. The zero-order valence-electron chi connectivity index (χ0n) is 14.1. The Bertz CT molecular complexity index is 1010. The van der Waals surface area contributed by atoms with Crippen LogP contribution in [0.3, 0.4) is 0 Å². The van der Waals surface area contributed by atoms with Gasteiger partial charge in [0.25, 0.3) is 11.8 Å². The van der Waals surface area contributed by atoms with Crippen molar-refractivity contribution in [3.8, 4) is 0 Å². The molecule has 0 bridgehead atoms. The second kappa shape index (κ2) is 7.20. The molecule has 1 N–H and O–H groups in total. The summed E-state index contributed by atoms with van der Waals surface area (Å²) < 4.78 is 13.4. The van der Waals surface area contributed by atoms with Gasteiger partial charge in [-0.1, -0.05) is 17.4 Å². The van der Waals surface area contributed by atoms with Gasteiger partial charge in [-0.2, -0.15) is 0 Å². The van der Waals surface area contributed by atoms with E-state index in [1.54, 1.807) is 11.0 Å². The lowest BCUT2D eigenvalue weighted by atomic mass is 10.1. The van der Waals surface area contributed by atoms with Gasteiger partial charge in [-0.15, -0.1) is 0 Å². The van der Waals surface area contributed by atoms with Crippen LogP contribution in [-0.2, 0) is 13.0 Å². The second-order valence-corrected chi connectivity index (χ2v) is 7.00. The summed E-state index contributed by atoms with van der Waals surface area (Å²) in [6.07, 6.45) is 4.89. The van der Waals surface area contributed by atoms with E-state index in [9.17, 15) is 14.0 Å². The predicted octanol–water partition coefficient (Wildman–Crippen LogP) is 2.52. The van der Waals surface area contributed by atoms with Gasteiger partial charge < -0.3 is 4.90 Å². The third-order valence-electron chi connectivity index (χ3n) is 4.11. The van der Waals surface area contributed by atoms with Crippen molar-refractivity contribution < 1.29 is 14.0 Å². The van der Waals surface area contributed by atoms with E-state index in [-0.39, 0.29) is 17.5 Å². The molecule has 2 aromatic heterocycles. The summed E-state index contributed by atoms with van der Waals surface area (Å²) in [6, 6.07) is 5.66. The molecule has 1 aromatic carbocycles. The third kappa shape index (κ3) is 3.68. The Morgan fingerprint density at radius 2 is 2.15 bits per heavy atom. The van der Waals surface area contributed by atoms with Crippen molar-refractivity contribution in [2.75, 3.05) is 11.9 Å². The molecule has 136 valence electrons. The van der Waals surface area contributed by atoms with Gasteiger partial charge in [-0.25, -0.2) is 14.4 Å². The fraction of sp³-hybridized carbons (Fsp3) is 0.167. The fourth-order valence-electron chi connectivity index (χ4n) is 2.80. The van der Waals surface area contributed by atoms with E-state index < -0.39 is 5.82 Å². The molecule has 0 spiro atoms. The number of amides is 2. The van der Waals surface area contributed by atoms with Crippen molar-refractivity contribution in [1.82, 2.24) is 19.9 Å². The first-order valence-corrected chi connectivity index (χ1v) is 9.02. The zero-order chi connectivity index (χ0) is 18.8. The Morgan fingerprint density at radius 3 is 2.93 bits per heavy atom. The molecule has 4 rings (SSSR count). The van der Waals surface area contributed by atoms with Crippen LogP contribution in [0.4, 0.5) is 9.52 Å². The number of carbonyl (C=O) groups excluding carboxylic acids is 2. The number of halogens is 1. The van der Waals surface area contributed by atoms with Crippen LogP contribution in [0.15, 0.2) is 42.9 Å². The quantitative estimate of drug-likeness (QED) is 0.751. The molecular formula is C18H14FN5O2S. The number of hydrogen-bond acceptors (Lipinski definition) is 6. The van der Waals surface area contributed by atoms with E-state index in [4.69, 9.17) is 0 Å². The fourth-order valence-corrected chi connectivity index (χ4v) is 3.82. The number of thiazole rings is 1. The molecule has 0 radical (unpaired) electrons. The number of hydrogen-bond donors (Lipinski definition) is 1. The molecule has 7 nitrogen and oxygen atoms in total. The van der Waals surface area contributed by atoms with Crippen LogP contribution >= 0.6 is 11.3 Å². The van der Waals surface area contributed by atoms with Crippen molar-refractivity contribution in [2.45, 2.75) is 13.0 Å². The zero-order valence-corrected chi connectivity index (χ0v) is 14.9. The van der Waals surface area contributed by atoms with Crippen LogP contribution in [-0.4, -0.2) is 38.2 Å². The Labute approximate surface area is 157 Å². The number of rotatable bonds is 3. The number of anilines is 1. The van der Waals surface area contributed by atoms with E-state index in [2.05, 4.69) is 20.3 Å².